The zero-order chi connectivity index (χ0) is 25.2. The molecular formula is C37H27N. The molecule has 0 spiro atoms. The van der Waals surface area contributed by atoms with Crippen molar-refractivity contribution >= 4 is 49.3 Å². The third-order valence-electron chi connectivity index (χ3n) is 8.46. The number of fused-ring (bicyclic) bond motifs is 9. The fourth-order valence-electron chi connectivity index (χ4n) is 6.74. The van der Waals surface area contributed by atoms with Crippen molar-refractivity contribution < 1.29 is 0 Å². The van der Waals surface area contributed by atoms with Crippen LogP contribution in [0.4, 0.5) is 11.4 Å². The zero-order valence-electron chi connectivity index (χ0n) is 21.3. The molecule has 1 nitrogen and oxygen atoms in total. The van der Waals surface area contributed by atoms with Gasteiger partial charge in [-0.25, -0.2) is 0 Å². The fraction of sp³-hybridized carbons (Fsp3) is 0.0811. The van der Waals surface area contributed by atoms with Gasteiger partial charge in [-0.05, 0) is 79.2 Å². The monoisotopic (exact) mass is 485 g/mol. The second kappa shape index (κ2) is 8.19. The smallest absolute Gasteiger partial charge is 0.0658 e. The molecule has 2 atom stereocenters. The van der Waals surface area contributed by atoms with Crippen LogP contribution in [0.5, 0.6) is 0 Å². The minimum absolute atomic E-state index is 0.319. The van der Waals surface area contributed by atoms with Gasteiger partial charge in [-0.1, -0.05) is 116 Å². The largest absolute Gasteiger partial charge is 0.333 e. The SMILES string of the molecule is CC1C=CC=C2c3ccccc3N(c3cccc(-c4ccc5c6ccccc6c6ccccc6c5c4)c3)C21. The van der Waals surface area contributed by atoms with Gasteiger partial charge in [-0.3, -0.25) is 0 Å². The Morgan fingerprint density at radius 3 is 1.95 bits per heavy atom. The molecule has 0 fully saturated rings. The number of anilines is 2. The van der Waals surface area contributed by atoms with Crippen LogP contribution in [-0.2, 0) is 0 Å². The molecule has 2 unspecified atom stereocenters. The second-order valence-corrected chi connectivity index (χ2v) is 10.6. The van der Waals surface area contributed by atoms with Crippen molar-refractivity contribution in [3.05, 3.63) is 139 Å². The highest BCUT2D eigenvalue weighted by atomic mass is 15.2. The highest BCUT2D eigenvalue weighted by molar-refractivity contribution is 6.25. The van der Waals surface area contributed by atoms with Gasteiger partial charge in [-0.2, -0.15) is 0 Å². The summed E-state index contributed by atoms with van der Waals surface area (Å²) in [5, 5.41) is 7.88. The van der Waals surface area contributed by atoms with E-state index in [1.165, 1.54) is 66.0 Å². The van der Waals surface area contributed by atoms with Crippen LogP contribution in [0, 0.1) is 5.92 Å². The summed E-state index contributed by atoms with van der Waals surface area (Å²) in [7, 11) is 0. The van der Waals surface area contributed by atoms with Crippen LogP contribution in [0.2, 0.25) is 0 Å². The minimum atomic E-state index is 0.319. The number of rotatable bonds is 2. The molecule has 1 heteroatoms. The molecule has 6 aromatic carbocycles. The van der Waals surface area contributed by atoms with Gasteiger partial charge >= 0.3 is 0 Å². The van der Waals surface area contributed by atoms with Crippen LogP contribution in [0.1, 0.15) is 12.5 Å². The molecule has 0 radical (unpaired) electrons. The highest BCUT2D eigenvalue weighted by Crippen LogP contribution is 2.49. The molecular weight excluding hydrogens is 458 g/mol. The van der Waals surface area contributed by atoms with Crippen LogP contribution in [0.3, 0.4) is 0 Å². The lowest BCUT2D eigenvalue weighted by molar-refractivity contribution is 0.637. The van der Waals surface area contributed by atoms with Gasteiger partial charge in [0.15, 0.2) is 0 Å². The third kappa shape index (κ3) is 3.05. The van der Waals surface area contributed by atoms with Crippen LogP contribution >= 0.6 is 0 Å². The molecule has 0 bridgehead atoms. The summed E-state index contributed by atoms with van der Waals surface area (Å²) in [4.78, 5) is 2.54. The average molecular weight is 486 g/mol. The first-order valence-corrected chi connectivity index (χ1v) is 13.5. The standard InChI is InChI=1S/C37H27N/c1-24-10-8-18-34-33-17-6-7-19-36(33)38(37(24)34)27-12-9-11-25(22-27)26-20-21-32-30-15-3-2-13-28(30)29-14-4-5-16-31(29)35(32)23-26/h2-24,37H,1H3. The summed E-state index contributed by atoms with van der Waals surface area (Å²) in [5.41, 5.74) is 7.81. The van der Waals surface area contributed by atoms with Gasteiger partial charge in [0.1, 0.15) is 0 Å². The Morgan fingerprint density at radius 1 is 0.553 bits per heavy atom. The van der Waals surface area contributed by atoms with E-state index in [0.717, 1.165) is 0 Å². The summed E-state index contributed by atoms with van der Waals surface area (Å²) in [6.45, 7) is 2.33. The lowest BCUT2D eigenvalue weighted by Crippen LogP contribution is -2.33. The predicted molar refractivity (Wildman–Crippen MR) is 163 cm³/mol. The van der Waals surface area contributed by atoms with E-state index in [9.17, 15) is 0 Å². The Kier molecular flexibility index (Phi) is 4.63. The number of para-hydroxylation sites is 1. The Morgan fingerprint density at radius 2 is 1.18 bits per heavy atom. The topological polar surface area (TPSA) is 3.24 Å². The maximum atomic E-state index is 2.54. The summed E-state index contributed by atoms with van der Waals surface area (Å²) in [6.07, 6.45) is 6.85. The van der Waals surface area contributed by atoms with Crippen LogP contribution < -0.4 is 4.90 Å². The Hall–Kier alpha value is -4.62. The van der Waals surface area contributed by atoms with E-state index in [4.69, 9.17) is 0 Å². The molecule has 0 saturated carbocycles. The average Bonchev–Trinajstić information content (AvgIpc) is 3.33. The summed E-state index contributed by atoms with van der Waals surface area (Å²) in [5.74, 6) is 0.436. The van der Waals surface area contributed by atoms with Crippen LogP contribution in [0.15, 0.2) is 133 Å². The van der Waals surface area contributed by atoms with Gasteiger partial charge in [0, 0.05) is 16.9 Å². The van der Waals surface area contributed by atoms with E-state index in [1.807, 2.05) is 0 Å². The highest BCUT2D eigenvalue weighted by Gasteiger charge is 2.38. The Balaban J connectivity index is 1.31. The van der Waals surface area contributed by atoms with Crippen LogP contribution in [-0.4, -0.2) is 6.04 Å². The normalized spacial score (nSPS) is 18.1. The van der Waals surface area contributed by atoms with Crippen molar-refractivity contribution in [1.82, 2.24) is 0 Å². The van der Waals surface area contributed by atoms with E-state index in [-0.39, 0.29) is 0 Å². The number of allylic oxidation sites excluding steroid dienone is 2. The van der Waals surface area contributed by atoms with Crippen molar-refractivity contribution in [2.24, 2.45) is 5.92 Å². The molecule has 2 aliphatic rings. The van der Waals surface area contributed by atoms with Crippen LogP contribution in [0.25, 0.3) is 49.0 Å². The third-order valence-corrected chi connectivity index (χ3v) is 8.46. The van der Waals surface area contributed by atoms with E-state index >= 15 is 0 Å². The van der Waals surface area contributed by atoms with Gasteiger partial charge in [0.05, 0.1) is 6.04 Å². The van der Waals surface area contributed by atoms with Gasteiger partial charge in [0.2, 0.25) is 0 Å². The number of hydrogen-bond donors (Lipinski definition) is 0. The lowest BCUT2D eigenvalue weighted by Gasteiger charge is -2.33. The molecule has 0 amide bonds. The molecule has 1 heterocycles. The van der Waals surface area contributed by atoms with E-state index in [1.54, 1.807) is 0 Å². The summed E-state index contributed by atoms with van der Waals surface area (Å²) >= 11 is 0. The molecule has 0 N–H and O–H groups in total. The second-order valence-electron chi connectivity index (χ2n) is 10.6. The number of nitrogens with zero attached hydrogens (tertiary/aromatic N) is 1. The van der Waals surface area contributed by atoms with Crippen molar-refractivity contribution in [1.29, 1.82) is 0 Å². The van der Waals surface area contributed by atoms with Crippen molar-refractivity contribution in [2.75, 3.05) is 4.90 Å². The molecule has 180 valence electrons. The molecule has 8 rings (SSSR count). The zero-order valence-corrected chi connectivity index (χ0v) is 21.3. The van der Waals surface area contributed by atoms with Crippen molar-refractivity contribution in [3.8, 4) is 11.1 Å². The molecule has 1 aliphatic carbocycles. The van der Waals surface area contributed by atoms with Gasteiger partial charge in [0.25, 0.3) is 0 Å². The molecule has 0 aromatic heterocycles. The summed E-state index contributed by atoms with van der Waals surface area (Å²) in [6, 6.07) is 42.8. The first-order chi connectivity index (χ1) is 18.8. The first kappa shape index (κ1) is 21.5. The molecule has 0 saturated heterocycles. The number of hydrogen-bond acceptors (Lipinski definition) is 1. The maximum absolute atomic E-state index is 2.54. The predicted octanol–water partition coefficient (Wildman–Crippen LogP) is 9.92. The first-order valence-electron chi connectivity index (χ1n) is 13.5. The lowest BCUT2D eigenvalue weighted by atomic mass is 9.88. The van der Waals surface area contributed by atoms with Gasteiger partial charge < -0.3 is 4.90 Å². The Labute approximate surface area is 223 Å². The Bertz CT molecular complexity index is 1920. The van der Waals surface area contributed by atoms with E-state index in [0.29, 0.717) is 12.0 Å². The quantitative estimate of drug-likeness (QED) is 0.221. The molecule has 38 heavy (non-hydrogen) atoms. The number of benzene rings is 6. The molecule has 1 aliphatic heterocycles. The maximum Gasteiger partial charge on any atom is 0.0658 e. The molecule has 6 aromatic rings. The van der Waals surface area contributed by atoms with Crippen molar-refractivity contribution in [2.45, 2.75) is 13.0 Å². The van der Waals surface area contributed by atoms with Crippen molar-refractivity contribution in [3.63, 3.8) is 0 Å². The van der Waals surface area contributed by atoms with Gasteiger partial charge in [-0.15, -0.1) is 0 Å². The minimum Gasteiger partial charge on any atom is -0.333 e. The fourth-order valence-corrected chi connectivity index (χ4v) is 6.74. The van der Waals surface area contributed by atoms with E-state index in [2.05, 4.69) is 145 Å². The van der Waals surface area contributed by atoms with E-state index < -0.39 is 0 Å². The summed E-state index contributed by atoms with van der Waals surface area (Å²) < 4.78 is 0.